The number of nitrogens with zero attached hydrogens (tertiary/aromatic N) is 1. The normalized spacial score (nSPS) is 19.1. The summed E-state index contributed by atoms with van der Waals surface area (Å²) in [6.07, 6.45) is 5.91. The van der Waals surface area contributed by atoms with Crippen LogP contribution < -0.4 is 0 Å². The highest BCUT2D eigenvalue weighted by Gasteiger charge is 2.28. The quantitative estimate of drug-likeness (QED) is 0.680. The van der Waals surface area contributed by atoms with Gasteiger partial charge in [-0.1, -0.05) is 26.7 Å². The molecular weight excluding hydrogens is 222 g/mol. The van der Waals surface area contributed by atoms with Crippen LogP contribution in [0.2, 0.25) is 0 Å². The first-order chi connectivity index (χ1) is 7.52. The third-order valence-electron chi connectivity index (χ3n) is 3.34. The maximum atomic E-state index is 12.0. The van der Waals surface area contributed by atoms with E-state index in [2.05, 4.69) is 13.8 Å². The number of alkyl halides is 1. The lowest BCUT2D eigenvalue weighted by Crippen LogP contribution is -2.43. The highest BCUT2D eigenvalue weighted by Crippen LogP contribution is 2.25. The van der Waals surface area contributed by atoms with E-state index in [0.717, 1.165) is 25.8 Å². The maximum Gasteiger partial charge on any atom is 0.240 e. The van der Waals surface area contributed by atoms with Crippen molar-refractivity contribution in [3.05, 3.63) is 0 Å². The Labute approximate surface area is 104 Å². The van der Waals surface area contributed by atoms with Crippen molar-refractivity contribution in [2.24, 2.45) is 5.92 Å². The number of hydrogen-bond acceptors (Lipinski definition) is 1. The Kier molecular flexibility index (Phi) is 5.60. The van der Waals surface area contributed by atoms with Crippen molar-refractivity contribution in [1.82, 2.24) is 4.90 Å². The Hall–Kier alpha value is -0.240. The van der Waals surface area contributed by atoms with Gasteiger partial charge in [0.25, 0.3) is 0 Å². The van der Waals surface area contributed by atoms with Gasteiger partial charge in [-0.25, -0.2) is 0 Å². The van der Waals surface area contributed by atoms with E-state index >= 15 is 0 Å². The zero-order chi connectivity index (χ0) is 12.1. The van der Waals surface area contributed by atoms with Crippen LogP contribution in [0.5, 0.6) is 0 Å². The first-order valence-electron chi connectivity index (χ1n) is 6.47. The summed E-state index contributed by atoms with van der Waals surface area (Å²) in [6, 6.07) is 0.451. The molecule has 1 aliphatic rings. The van der Waals surface area contributed by atoms with Gasteiger partial charge in [0.05, 0.1) is 0 Å². The lowest BCUT2D eigenvalue weighted by Gasteiger charge is -2.30. The number of carbonyl (C=O) groups excluding carboxylic acids is 1. The highest BCUT2D eigenvalue weighted by atomic mass is 35.5. The Balaban J connectivity index is 2.56. The predicted molar refractivity (Wildman–Crippen MR) is 68.7 cm³/mol. The summed E-state index contributed by atoms with van der Waals surface area (Å²) in [7, 11) is 0. The molecule has 94 valence electrons. The van der Waals surface area contributed by atoms with Crippen molar-refractivity contribution in [2.45, 2.75) is 64.3 Å². The van der Waals surface area contributed by atoms with E-state index < -0.39 is 0 Å². The van der Waals surface area contributed by atoms with E-state index in [4.69, 9.17) is 11.6 Å². The molecule has 1 atom stereocenters. The van der Waals surface area contributed by atoms with Gasteiger partial charge in [-0.3, -0.25) is 4.79 Å². The summed E-state index contributed by atoms with van der Waals surface area (Å²) in [5.41, 5.74) is 0. The van der Waals surface area contributed by atoms with Crippen LogP contribution in [0.3, 0.4) is 0 Å². The molecule has 0 radical (unpaired) electrons. The average molecular weight is 246 g/mol. The summed E-state index contributed by atoms with van der Waals surface area (Å²) in [5, 5.41) is -0.382. The highest BCUT2D eigenvalue weighted by molar-refractivity contribution is 6.30. The van der Waals surface area contributed by atoms with Crippen LogP contribution in [0.4, 0.5) is 0 Å². The van der Waals surface area contributed by atoms with Crippen LogP contribution in [0.15, 0.2) is 0 Å². The van der Waals surface area contributed by atoms with Crippen LogP contribution in [0.1, 0.15) is 52.9 Å². The molecule has 0 aliphatic heterocycles. The molecule has 0 aromatic heterocycles. The standard InChI is InChI=1S/C13H24ClNO/c1-10(2)8-9-15(13(16)11(3)14)12-6-4-5-7-12/h10-12H,4-9H2,1-3H3. The van der Waals surface area contributed by atoms with Crippen molar-refractivity contribution in [3.8, 4) is 0 Å². The van der Waals surface area contributed by atoms with Crippen molar-refractivity contribution in [1.29, 1.82) is 0 Å². The number of rotatable bonds is 5. The SMILES string of the molecule is CC(C)CCN(C(=O)C(C)Cl)C1CCCC1. The summed E-state index contributed by atoms with van der Waals surface area (Å²) in [5.74, 6) is 0.761. The molecule has 0 saturated heterocycles. The van der Waals surface area contributed by atoms with E-state index in [0.29, 0.717) is 12.0 Å². The van der Waals surface area contributed by atoms with Crippen LogP contribution in [0.25, 0.3) is 0 Å². The third-order valence-corrected chi connectivity index (χ3v) is 3.52. The molecule has 1 aliphatic carbocycles. The van der Waals surface area contributed by atoms with E-state index in [1.54, 1.807) is 6.92 Å². The van der Waals surface area contributed by atoms with Gasteiger partial charge in [0, 0.05) is 12.6 Å². The topological polar surface area (TPSA) is 20.3 Å². The zero-order valence-electron chi connectivity index (χ0n) is 10.7. The molecule has 1 rings (SSSR count). The minimum atomic E-state index is -0.382. The maximum absolute atomic E-state index is 12.0. The van der Waals surface area contributed by atoms with E-state index in [1.807, 2.05) is 4.90 Å². The molecule has 16 heavy (non-hydrogen) atoms. The largest absolute Gasteiger partial charge is 0.338 e. The van der Waals surface area contributed by atoms with Crippen molar-refractivity contribution >= 4 is 17.5 Å². The molecule has 0 aromatic carbocycles. The predicted octanol–water partition coefficient (Wildman–Crippen LogP) is 3.43. The van der Waals surface area contributed by atoms with E-state index in [9.17, 15) is 4.79 Å². The Morgan fingerprint density at radius 2 is 1.88 bits per heavy atom. The zero-order valence-corrected chi connectivity index (χ0v) is 11.5. The smallest absolute Gasteiger partial charge is 0.240 e. The lowest BCUT2D eigenvalue weighted by molar-refractivity contribution is -0.132. The summed E-state index contributed by atoms with van der Waals surface area (Å²) < 4.78 is 0. The van der Waals surface area contributed by atoms with Gasteiger partial charge in [0.15, 0.2) is 0 Å². The molecule has 0 spiro atoms. The second-order valence-corrected chi connectivity index (χ2v) is 5.92. The fourth-order valence-corrected chi connectivity index (χ4v) is 2.44. The first kappa shape index (κ1) is 13.8. The molecule has 1 amide bonds. The van der Waals surface area contributed by atoms with Gasteiger partial charge in [0.2, 0.25) is 5.91 Å². The first-order valence-corrected chi connectivity index (χ1v) is 6.90. The second-order valence-electron chi connectivity index (χ2n) is 5.27. The molecule has 2 nitrogen and oxygen atoms in total. The van der Waals surface area contributed by atoms with Crippen molar-refractivity contribution in [2.75, 3.05) is 6.54 Å². The third kappa shape index (κ3) is 3.97. The minimum absolute atomic E-state index is 0.120. The molecule has 3 heteroatoms. The van der Waals surface area contributed by atoms with Crippen LogP contribution in [-0.2, 0) is 4.79 Å². The lowest BCUT2D eigenvalue weighted by atomic mass is 10.1. The molecule has 0 heterocycles. The summed E-state index contributed by atoms with van der Waals surface area (Å²) >= 11 is 5.93. The van der Waals surface area contributed by atoms with Crippen LogP contribution in [-0.4, -0.2) is 28.8 Å². The Bertz CT molecular complexity index is 222. The molecule has 1 unspecified atom stereocenters. The summed E-state index contributed by atoms with van der Waals surface area (Å²) in [6.45, 7) is 7.04. The van der Waals surface area contributed by atoms with Gasteiger partial charge in [0.1, 0.15) is 5.38 Å². The number of carbonyl (C=O) groups is 1. The average Bonchev–Trinajstić information content (AvgIpc) is 2.70. The van der Waals surface area contributed by atoms with Gasteiger partial charge in [-0.2, -0.15) is 0 Å². The number of amides is 1. The van der Waals surface area contributed by atoms with Crippen molar-refractivity contribution in [3.63, 3.8) is 0 Å². The Morgan fingerprint density at radius 1 is 1.31 bits per heavy atom. The second kappa shape index (κ2) is 6.48. The summed E-state index contributed by atoms with van der Waals surface area (Å²) in [4.78, 5) is 14.1. The molecule has 0 bridgehead atoms. The molecule has 0 N–H and O–H groups in total. The Morgan fingerprint density at radius 3 is 2.31 bits per heavy atom. The van der Waals surface area contributed by atoms with Crippen LogP contribution >= 0.6 is 11.6 Å². The number of halogens is 1. The molecule has 1 fully saturated rings. The monoisotopic (exact) mass is 245 g/mol. The van der Waals surface area contributed by atoms with E-state index in [1.165, 1.54) is 12.8 Å². The van der Waals surface area contributed by atoms with Gasteiger partial charge in [-0.15, -0.1) is 11.6 Å². The van der Waals surface area contributed by atoms with E-state index in [-0.39, 0.29) is 11.3 Å². The van der Waals surface area contributed by atoms with Gasteiger partial charge >= 0.3 is 0 Å². The molecular formula is C13H24ClNO. The molecule has 1 saturated carbocycles. The number of hydrogen-bond donors (Lipinski definition) is 0. The van der Waals surface area contributed by atoms with Crippen LogP contribution in [0, 0.1) is 5.92 Å². The van der Waals surface area contributed by atoms with Crippen molar-refractivity contribution < 1.29 is 4.79 Å². The minimum Gasteiger partial charge on any atom is -0.338 e. The molecule has 0 aromatic rings. The fraction of sp³-hybridized carbons (Fsp3) is 0.923. The van der Waals surface area contributed by atoms with Gasteiger partial charge in [-0.05, 0) is 32.1 Å². The van der Waals surface area contributed by atoms with Gasteiger partial charge < -0.3 is 4.90 Å². The fourth-order valence-electron chi connectivity index (χ4n) is 2.31.